The molecule has 0 aliphatic carbocycles. The summed E-state index contributed by atoms with van der Waals surface area (Å²) >= 11 is 7.48. The SMILES string of the molecule is COc1ccc(NC(=O)C(C(C)C)N(Cc2nc(-c3ccc(Cl)cc3)cs2)C(=O)Cn2nnc3ccccc32)c(OC)c1. The van der Waals surface area contributed by atoms with Crippen LogP contribution in [0.2, 0.25) is 5.02 Å². The van der Waals surface area contributed by atoms with Crippen molar-refractivity contribution in [3.63, 3.8) is 0 Å². The summed E-state index contributed by atoms with van der Waals surface area (Å²) in [6.45, 7) is 3.83. The molecule has 2 heterocycles. The van der Waals surface area contributed by atoms with Crippen molar-refractivity contribution in [2.45, 2.75) is 33.0 Å². The van der Waals surface area contributed by atoms with E-state index in [0.717, 1.165) is 16.8 Å². The third-order valence-electron chi connectivity index (χ3n) is 6.93. The highest BCUT2D eigenvalue weighted by atomic mass is 35.5. The number of anilines is 1. The Morgan fingerprint density at radius 3 is 2.53 bits per heavy atom. The Kier molecular flexibility index (Phi) is 9.22. The summed E-state index contributed by atoms with van der Waals surface area (Å²) in [5.74, 6) is 0.137. The number of para-hydroxylation sites is 1. The lowest BCUT2D eigenvalue weighted by Crippen LogP contribution is -2.50. The molecular formula is C31H31ClN6O4S. The highest BCUT2D eigenvalue weighted by Crippen LogP contribution is 2.31. The van der Waals surface area contributed by atoms with Gasteiger partial charge in [-0.3, -0.25) is 9.59 Å². The number of ether oxygens (including phenoxy) is 2. The van der Waals surface area contributed by atoms with E-state index in [-0.39, 0.29) is 30.8 Å². The van der Waals surface area contributed by atoms with E-state index in [2.05, 4.69) is 15.6 Å². The molecule has 2 aromatic heterocycles. The number of nitrogens with zero attached hydrogens (tertiary/aromatic N) is 5. The van der Waals surface area contributed by atoms with Gasteiger partial charge in [0.1, 0.15) is 34.6 Å². The lowest BCUT2D eigenvalue weighted by molar-refractivity contribution is -0.141. The lowest BCUT2D eigenvalue weighted by atomic mass is 10.0. The maximum Gasteiger partial charge on any atom is 0.247 e. The number of rotatable bonds is 11. The molecule has 43 heavy (non-hydrogen) atoms. The van der Waals surface area contributed by atoms with E-state index >= 15 is 0 Å². The van der Waals surface area contributed by atoms with Crippen LogP contribution in [0.3, 0.4) is 0 Å². The van der Waals surface area contributed by atoms with Gasteiger partial charge in [0.15, 0.2) is 0 Å². The predicted molar refractivity (Wildman–Crippen MR) is 167 cm³/mol. The molecule has 0 bridgehead atoms. The molecule has 0 saturated heterocycles. The van der Waals surface area contributed by atoms with E-state index < -0.39 is 6.04 Å². The van der Waals surface area contributed by atoms with Gasteiger partial charge in [0.05, 0.1) is 37.7 Å². The number of carbonyl (C=O) groups excluding carboxylic acids is 2. The van der Waals surface area contributed by atoms with Crippen molar-refractivity contribution >= 4 is 51.5 Å². The fourth-order valence-electron chi connectivity index (χ4n) is 4.79. The zero-order chi connectivity index (χ0) is 30.5. The van der Waals surface area contributed by atoms with Gasteiger partial charge >= 0.3 is 0 Å². The van der Waals surface area contributed by atoms with E-state index in [0.29, 0.717) is 32.7 Å². The summed E-state index contributed by atoms with van der Waals surface area (Å²) in [5.41, 5.74) is 3.54. The summed E-state index contributed by atoms with van der Waals surface area (Å²) in [4.78, 5) is 34.3. The first-order valence-corrected chi connectivity index (χ1v) is 14.8. The Balaban J connectivity index is 1.47. The molecule has 1 N–H and O–H groups in total. The maximum absolute atomic E-state index is 14.1. The standard InChI is InChI=1S/C31H31ClN6O4S/c1-19(2)30(31(40)34-24-14-13-22(41-3)15-27(24)42-4)37(29(39)17-38-26-8-6-5-7-23(26)35-36-38)16-28-33-25(18-43-28)20-9-11-21(32)12-10-20/h5-15,18-19,30H,16-17H2,1-4H3,(H,34,40). The second-order valence-electron chi connectivity index (χ2n) is 10.1. The van der Waals surface area contributed by atoms with Crippen LogP contribution in [-0.4, -0.2) is 57.0 Å². The zero-order valence-electron chi connectivity index (χ0n) is 24.2. The average molecular weight is 619 g/mol. The molecule has 222 valence electrons. The fourth-order valence-corrected chi connectivity index (χ4v) is 5.72. The molecule has 1 unspecified atom stereocenters. The Morgan fingerprint density at radius 2 is 1.81 bits per heavy atom. The predicted octanol–water partition coefficient (Wildman–Crippen LogP) is 5.92. The average Bonchev–Trinajstić information content (AvgIpc) is 3.64. The Morgan fingerprint density at radius 1 is 1.05 bits per heavy atom. The number of benzene rings is 3. The molecule has 0 aliphatic heterocycles. The van der Waals surface area contributed by atoms with Crippen molar-refractivity contribution in [1.29, 1.82) is 0 Å². The molecule has 10 nitrogen and oxygen atoms in total. The minimum absolute atomic E-state index is 0.0989. The number of nitrogens with one attached hydrogen (secondary N) is 1. The summed E-state index contributed by atoms with van der Waals surface area (Å²) in [6, 6.07) is 19.1. The van der Waals surface area contributed by atoms with Gasteiger partial charge in [0.2, 0.25) is 11.8 Å². The number of carbonyl (C=O) groups is 2. The number of hydrogen-bond acceptors (Lipinski definition) is 8. The number of thiazole rings is 1. The smallest absolute Gasteiger partial charge is 0.247 e. The Hall–Kier alpha value is -4.48. The molecule has 2 amide bonds. The molecule has 0 fully saturated rings. The van der Waals surface area contributed by atoms with Crippen LogP contribution in [0.15, 0.2) is 72.1 Å². The van der Waals surface area contributed by atoms with Crippen molar-refractivity contribution in [2.24, 2.45) is 5.92 Å². The molecular weight excluding hydrogens is 588 g/mol. The molecule has 12 heteroatoms. The van der Waals surface area contributed by atoms with Gasteiger partial charge in [0.25, 0.3) is 0 Å². The second-order valence-corrected chi connectivity index (χ2v) is 11.5. The number of amides is 2. The van der Waals surface area contributed by atoms with Crippen molar-refractivity contribution in [3.8, 4) is 22.8 Å². The first-order valence-electron chi connectivity index (χ1n) is 13.6. The maximum atomic E-state index is 14.1. The van der Waals surface area contributed by atoms with Gasteiger partial charge in [-0.25, -0.2) is 9.67 Å². The lowest BCUT2D eigenvalue weighted by Gasteiger charge is -2.33. The van der Waals surface area contributed by atoms with Gasteiger partial charge in [-0.05, 0) is 42.3 Å². The van der Waals surface area contributed by atoms with Crippen LogP contribution in [0.4, 0.5) is 5.69 Å². The van der Waals surface area contributed by atoms with E-state index in [9.17, 15) is 9.59 Å². The second kappa shape index (κ2) is 13.2. The Bertz CT molecular complexity index is 1740. The van der Waals surface area contributed by atoms with Crippen molar-refractivity contribution in [3.05, 3.63) is 82.1 Å². The first-order chi connectivity index (χ1) is 20.8. The summed E-state index contributed by atoms with van der Waals surface area (Å²) in [6.07, 6.45) is 0. The minimum Gasteiger partial charge on any atom is -0.497 e. The van der Waals surface area contributed by atoms with E-state index in [1.54, 1.807) is 47.0 Å². The van der Waals surface area contributed by atoms with Gasteiger partial charge < -0.3 is 19.7 Å². The van der Waals surface area contributed by atoms with Crippen molar-refractivity contribution < 1.29 is 19.1 Å². The van der Waals surface area contributed by atoms with Crippen LogP contribution >= 0.6 is 22.9 Å². The number of halogens is 1. The molecule has 1 atom stereocenters. The van der Waals surface area contributed by atoms with E-state index in [1.165, 1.54) is 18.4 Å². The first kappa shape index (κ1) is 30.0. The molecule has 3 aromatic carbocycles. The Labute approximate surface area is 258 Å². The fraction of sp³-hybridized carbons (Fsp3) is 0.258. The molecule has 5 rings (SSSR count). The molecule has 0 radical (unpaired) electrons. The third-order valence-corrected chi connectivity index (χ3v) is 8.01. The number of aromatic nitrogens is 4. The molecule has 5 aromatic rings. The number of hydrogen-bond donors (Lipinski definition) is 1. The minimum atomic E-state index is -0.836. The van der Waals surface area contributed by atoms with E-state index in [1.807, 2.05) is 55.6 Å². The topological polar surface area (TPSA) is 111 Å². The number of methoxy groups -OCH3 is 2. The molecule has 0 spiro atoms. The number of fused-ring (bicyclic) bond motifs is 1. The summed E-state index contributed by atoms with van der Waals surface area (Å²) < 4.78 is 12.3. The van der Waals surface area contributed by atoms with Crippen LogP contribution in [0.1, 0.15) is 18.9 Å². The van der Waals surface area contributed by atoms with Crippen molar-refractivity contribution in [2.75, 3.05) is 19.5 Å². The van der Waals surface area contributed by atoms with E-state index in [4.69, 9.17) is 26.1 Å². The third kappa shape index (κ3) is 6.79. The highest BCUT2D eigenvalue weighted by Gasteiger charge is 2.34. The largest absolute Gasteiger partial charge is 0.497 e. The van der Waals surface area contributed by atoms with Crippen LogP contribution in [0.5, 0.6) is 11.5 Å². The summed E-state index contributed by atoms with van der Waals surface area (Å²) in [7, 11) is 3.07. The normalized spacial score (nSPS) is 11.9. The van der Waals surface area contributed by atoms with Crippen molar-refractivity contribution in [1.82, 2.24) is 24.9 Å². The van der Waals surface area contributed by atoms with Crippen LogP contribution in [-0.2, 0) is 22.7 Å². The zero-order valence-corrected chi connectivity index (χ0v) is 25.7. The van der Waals surface area contributed by atoms with Crippen LogP contribution in [0.25, 0.3) is 22.3 Å². The van der Waals surface area contributed by atoms with Gasteiger partial charge in [-0.1, -0.05) is 54.9 Å². The van der Waals surface area contributed by atoms with Gasteiger partial charge in [-0.2, -0.15) is 0 Å². The van der Waals surface area contributed by atoms with Gasteiger partial charge in [-0.15, -0.1) is 16.4 Å². The summed E-state index contributed by atoms with van der Waals surface area (Å²) in [5, 5.41) is 14.6. The molecule has 0 aliphatic rings. The van der Waals surface area contributed by atoms with Crippen LogP contribution < -0.4 is 14.8 Å². The molecule has 0 saturated carbocycles. The van der Waals surface area contributed by atoms with Gasteiger partial charge in [0, 0.05) is 22.0 Å². The monoisotopic (exact) mass is 618 g/mol. The quantitative estimate of drug-likeness (QED) is 0.196. The highest BCUT2D eigenvalue weighted by molar-refractivity contribution is 7.09. The van der Waals surface area contributed by atoms with Crippen LogP contribution in [0, 0.1) is 5.92 Å².